The Balaban J connectivity index is 1.94. The van der Waals surface area contributed by atoms with Crippen molar-refractivity contribution in [2.75, 3.05) is 6.61 Å². The van der Waals surface area contributed by atoms with E-state index in [4.69, 9.17) is 22.7 Å². The van der Waals surface area contributed by atoms with E-state index in [-0.39, 0.29) is 0 Å². The van der Waals surface area contributed by atoms with Crippen LogP contribution in [0.25, 0.3) is 0 Å². The summed E-state index contributed by atoms with van der Waals surface area (Å²) in [6, 6.07) is 8.04. The standard InChI is InChI=1S/C15H18N2OS2/c1-3-12-14(15(16)19)20-13(17-12)8-9-18-11-6-4-10(2)5-7-11/h4-7H,3,8-9H2,1-2H3,(H2,16,19). The topological polar surface area (TPSA) is 48.1 Å². The predicted molar refractivity (Wildman–Crippen MR) is 87.8 cm³/mol. The van der Waals surface area contributed by atoms with Crippen LogP contribution in [0.4, 0.5) is 0 Å². The normalized spacial score (nSPS) is 10.5. The molecule has 0 atom stereocenters. The van der Waals surface area contributed by atoms with Gasteiger partial charge in [-0.25, -0.2) is 4.98 Å². The average molecular weight is 306 g/mol. The second-order valence-corrected chi connectivity index (χ2v) is 6.04. The second-order valence-electron chi connectivity index (χ2n) is 4.51. The first-order chi connectivity index (χ1) is 9.60. The van der Waals surface area contributed by atoms with Crippen molar-refractivity contribution in [1.29, 1.82) is 0 Å². The van der Waals surface area contributed by atoms with Gasteiger partial charge in [0.25, 0.3) is 0 Å². The Morgan fingerprint density at radius 2 is 2.05 bits per heavy atom. The summed E-state index contributed by atoms with van der Waals surface area (Å²) in [5.74, 6) is 0.887. The summed E-state index contributed by atoms with van der Waals surface area (Å²) < 4.78 is 5.71. The fourth-order valence-corrected chi connectivity index (χ4v) is 3.06. The lowest BCUT2D eigenvalue weighted by Crippen LogP contribution is -2.09. The van der Waals surface area contributed by atoms with Crippen LogP contribution >= 0.6 is 23.6 Å². The monoisotopic (exact) mass is 306 g/mol. The molecule has 1 aromatic carbocycles. The zero-order chi connectivity index (χ0) is 14.5. The largest absolute Gasteiger partial charge is 0.493 e. The van der Waals surface area contributed by atoms with Crippen molar-refractivity contribution in [1.82, 2.24) is 4.98 Å². The highest BCUT2D eigenvalue weighted by molar-refractivity contribution is 7.81. The second kappa shape index (κ2) is 6.81. The lowest BCUT2D eigenvalue weighted by atomic mass is 10.2. The zero-order valence-corrected chi connectivity index (χ0v) is 13.3. The van der Waals surface area contributed by atoms with Crippen molar-refractivity contribution in [2.45, 2.75) is 26.7 Å². The van der Waals surface area contributed by atoms with Crippen LogP contribution < -0.4 is 10.5 Å². The van der Waals surface area contributed by atoms with Gasteiger partial charge in [0.05, 0.1) is 22.2 Å². The van der Waals surface area contributed by atoms with E-state index in [1.807, 2.05) is 24.3 Å². The van der Waals surface area contributed by atoms with Crippen molar-refractivity contribution in [3.63, 3.8) is 0 Å². The van der Waals surface area contributed by atoms with Crippen molar-refractivity contribution >= 4 is 28.5 Å². The highest BCUT2D eigenvalue weighted by Crippen LogP contribution is 2.20. The number of nitrogens with zero attached hydrogens (tertiary/aromatic N) is 1. The molecule has 0 aliphatic carbocycles. The van der Waals surface area contributed by atoms with Gasteiger partial charge in [-0.2, -0.15) is 0 Å². The summed E-state index contributed by atoms with van der Waals surface area (Å²) in [5, 5.41) is 1.02. The van der Waals surface area contributed by atoms with Crippen LogP contribution in [-0.2, 0) is 12.8 Å². The van der Waals surface area contributed by atoms with Gasteiger partial charge in [0.2, 0.25) is 0 Å². The first-order valence-corrected chi connectivity index (χ1v) is 7.80. The minimum absolute atomic E-state index is 0.435. The maximum atomic E-state index is 5.71. The summed E-state index contributed by atoms with van der Waals surface area (Å²) in [6.07, 6.45) is 1.62. The van der Waals surface area contributed by atoms with E-state index < -0.39 is 0 Å². The van der Waals surface area contributed by atoms with E-state index in [2.05, 4.69) is 18.8 Å². The average Bonchev–Trinajstić information content (AvgIpc) is 2.84. The third-order valence-electron chi connectivity index (χ3n) is 2.91. The number of hydrogen-bond acceptors (Lipinski definition) is 4. The van der Waals surface area contributed by atoms with E-state index >= 15 is 0 Å². The number of ether oxygens (including phenoxy) is 1. The molecule has 0 aliphatic heterocycles. The molecule has 5 heteroatoms. The highest BCUT2D eigenvalue weighted by atomic mass is 32.1. The quantitative estimate of drug-likeness (QED) is 0.832. The van der Waals surface area contributed by atoms with Gasteiger partial charge in [-0.05, 0) is 25.5 Å². The van der Waals surface area contributed by atoms with Crippen LogP contribution in [0.1, 0.15) is 28.1 Å². The van der Waals surface area contributed by atoms with Crippen LogP contribution in [0.5, 0.6) is 5.75 Å². The molecule has 2 N–H and O–H groups in total. The Hall–Kier alpha value is -1.46. The van der Waals surface area contributed by atoms with Crippen LogP contribution in [0.2, 0.25) is 0 Å². The van der Waals surface area contributed by atoms with Crippen molar-refractivity contribution in [3.05, 3.63) is 45.4 Å². The maximum Gasteiger partial charge on any atom is 0.119 e. The predicted octanol–water partition coefficient (Wildman–Crippen LogP) is 3.27. The molecule has 0 saturated carbocycles. The third-order valence-corrected chi connectivity index (χ3v) is 4.43. The van der Waals surface area contributed by atoms with Gasteiger partial charge in [-0.1, -0.05) is 36.8 Å². The molecule has 0 aliphatic rings. The summed E-state index contributed by atoms with van der Waals surface area (Å²) in [7, 11) is 0. The molecule has 1 aromatic heterocycles. The van der Waals surface area contributed by atoms with Gasteiger partial charge in [-0.15, -0.1) is 11.3 Å². The number of hydrogen-bond donors (Lipinski definition) is 1. The molecule has 0 amide bonds. The molecular formula is C15H18N2OS2. The first kappa shape index (κ1) is 14.9. The van der Waals surface area contributed by atoms with Gasteiger partial charge >= 0.3 is 0 Å². The minimum atomic E-state index is 0.435. The van der Waals surface area contributed by atoms with Gasteiger partial charge < -0.3 is 10.5 Å². The number of aryl methyl sites for hydroxylation is 2. The van der Waals surface area contributed by atoms with Crippen molar-refractivity contribution in [3.8, 4) is 5.75 Å². The Morgan fingerprint density at radius 3 is 2.60 bits per heavy atom. The molecular weight excluding hydrogens is 288 g/mol. The zero-order valence-electron chi connectivity index (χ0n) is 11.7. The number of nitrogens with two attached hydrogens (primary N) is 1. The minimum Gasteiger partial charge on any atom is -0.493 e. The number of benzene rings is 1. The molecule has 2 rings (SSSR count). The van der Waals surface area contributed by atoms with Crippen LogP contribution in [0, 0.1) is 6.92 Å². The molecule has 0 spiro atoms. The Labute approximate surface area is 128 Å². The van der Waals surface area contributed by atoms with Gasteiger partial charge in [0.15, 0.2) is 0 Å². The molecule has 0 fully saturated rings. The highest BCUT2D eigenvalue weighted by Gasteiger charge is 2.11. The summed E-state index contributed by atoms with van der Waals surface area (Å²) in [6.45, 7) is 4.72. The fourth-order valence-electron chi connectivity index (χ4n) is 1.83. The first-order valence-electron chi connectivity index (χ1n) is 6.58. The summed E-state index contributed by atoms with van der Waals surface area (Å²) >= 11 is 6.62. The van der Waals surface area contributed by atoms with E-state index in [0.29, 0.717) is 11.6 Å². The fraction of sp³-hybridized carbons (Fsp3) is 0.333. The summed E-state index contributed by atoms with van der Waals surface area (Å²) in [4.78, 5) is 5.94. The SMILES string of the molecule is CCc1nc(CCOc2ccc(C)cc2)sc1C(N)=S. The van der Waals surface area contributed by atoms with E-state index in [1.54, 1.807) is 11.3 Å². The molecule has 0 saturated heterocycles. The Morgan fingerprint density at radius 1 is 1.35 bits per heavy atom. The smallest absolute Gasteiger partial charge is 0.119 e. The molecule has 2 aromatic rings. The van der Waals surface area contributed by atoms with Crippen LogP contribution in [0.3, 0.4) is 0 Å². The molecule has 0 radical (unpaired) electrons. The van der Waals surface area contributed by atoms with E-state index in [1.165, 1.54) is 5.56 Å². The van der Waals surface area contributed by atoms with Crippen molar-refractivity contribution < 1.29 is 4.74 Å². The molecule has 20 heavy (non-hydrogen) atoms. The number of rotatable bonds is 6. The lowest BCUT2D eigenvalue weighted by molar-refractivity contribution is 0.321. The number of thiocarbonyl (C=S) groups is 1. The van der Waals surface area contributed by atoms with Crippen molar-refractivity contribution in [2.24, 2.45) is 5.73 Å². The summed E-state index contributed by atoms with van der Waals surface area (Å²) in [5.41, 5.74) is 7.93. The van der Waals surface area contributed by atoms with E-state index in [0.717, 1.165) is 34.2 Å². The van der Waals surface area contributed by atoms with Gasteiger partial charge in [-0.3, -0.25) is 0 Å². The Bertz CT molecular complexity index is 590. The lowest BCUT2D eigenvalue weighted by Gasteiger charge is -2.04. The van der Waals surface area contributed by atoms with Crippen LogP contribution in [-0.4, -0.2) is 16.6 Å². The maximum absolute atomic E-state index is 5.71. The number of thiazole rings is 1. The Kier molecular flexibility index (Phi) is 5.09. The van der Waals surface area contributed by atoms with Gasteiger partial charge in [0.1, 0.15) is 10.7 Å². The molecule has 1 heterocycles. The third kappa shape index (κ3) is 3.77. The van der Waals surface area contributed by atoms with Crippen LogP contribution in [0.15, 0.2) is 24.3 Å². The molecule has 3 nitrogen and oxygen atoms in total. The van der Waals surface area contributed by atoms with Gasteiger partial charge in [0, 0.05) is 6.42 Å². The molecule has 106 valence electrons. The molecule has 0 unspecified atom stereocenters. The van der Waals surface area contributed by atoms with E-state index in [9.17, 15) is 0 Å². The number of aromatic nitrogens is 1. The molecule has 0 bridgehead atoms.